The second-order valence-corrected chi connectivity index (χ2v) is 5.02. The second-order valence-electron chi connectivity index (χ2n) is 5.02. The molecule has 1 aromatic carbocycles. The molecule has 0 radical (unpaired) electrons. The van der Waals surface area contributed by atoms with Crippen LogP contribution in [0, 0.1) is 13.8 Å². The van der Waals surface area contributed by atoms with Crippen molar-refractivity contribution in [3.63, 3.8) is 0 Å². The summed E-state index contributed by atoms with van der Waals surface area (Å²) in [6.07, 6.45) is 1.69. The minimum Gasteiger partial charge on any atom is -0.293 e. The molecule has 2 heterocycles. The van der Waals surface area contributed by atoms with Crippen molar-refractivity contribution in [1.82, 2.24) is 30.2 Å². The maximum Gasteiger partial charge on any atom is 0.248 e. The Kier molecular flexibility index (Phi) is 4.05. The van der Waals surface area contributed by atoms with Crippen LogP contribution >= 0.6 is 0 Å². The zero-order chi connectivity index (χ0) is 16.2. The van der Waals surface area contributed by atoms with Crippen LogP contribution in [0.15, 0.2) is 36.5 Å². The maximum absolute atomic E-state index is 12.1. The molecule has 3 aromatic rings. The Hall–Kier alpha value is -3.16. The smallest absolute Gasteiger partial charge is 0.248 e. The number of hydrogen-bond donors (Lipinski definition) is 1. The van der Waals surface area contributed by atoms with Crippen LogP contribution in [0.3, 0.4) is 0 Å². The van der Waals surface area contributed by atoms with Gasteiger partial charge in [0, 0.05) is 11.8 Å². The summed E-state index contributed by atoms with van der Waals surface area (Å²) < 4.78 is 1.40. The van der Waals surface area contributed by atoms with E-state index < -0.39 is 0 Å². The van der Waals surface area contributed by atoms with Gasteiger partial charge in [-0.2, -0.15) is 0 Å². The van der Waals surface area contributed by atoms with E-state index in [2.05, 4.69) is 30.8 Å². The molecule has 0 bridgehead atoms. The van der Waals surface area contributed by atoms with Crippen molar-refractivity contribution in [2.75, 3.05) is 5.32 Å². The van der Waals surface area contributed by atoms with E-state index in [9.17, 15) is 4.79 Å². The Labute approximate surface area is 132 Å². The van der Waals surface area contributed by atoms with Gasteiger partial charge in [0.2, 0.25) is 11.9 Å². The van der Waals surface area contributed by atoms with Crippen molar-refractivity contribution in [2.24, 2.45) is 0 Å². The number of nitrogens with one attached hydrogen (secondary N) is 1. The van der Waals surface area contributed by atoms with E-state index in [0.717, 1.165) is 16.8 Å². The number of rotatable bonds is 4. The lowest BCUT2D eigenvalue weighted by Gasteiger charge is -2.08. The fourth-order valence-electron chi connectivity index (χ4n) is 2.09. The predicted octanol–water partition coefficient (Wildman–Crippen LogP) is 1.39. The Morgan fingerprint density at radius 1 is 1.22 bits per heavy atom. The third-order valence-corrected chi connectivity index (χ3v) is 3.27. The third kappa shape index (κ3) is 3.37. The standard InChI is InChI=1S/C15H15N7O/c1-10-8-16-15(18-14(10)12-6-4-3-5-7-12)17-13(23)9-22-11(2)19-20-21-22/h3-8H,9H2,1-2H3,(H,16,17,18,23). The van der Waals surface area contributed by atoms with E-state index in [4.69, 9.17) is 0 Å². The van der Waals surface area contributed by atoms with E-state index >= 15 is 0 Å². The number of hydrogen-bond acceptors (Lipinski definition) is 6. The second kappa shape index (κ2) is 6.30. The lowest BCUT2D eigenvalue weighted by molar-refractivity contribution is -0.117. The van der Waals surface area contributed by atoms with Crippen LogP contribution < -0.4 is 5.32 Å². The van der Waals surface area contributed by atoms with E-state index in [1.807, 2.05) is 37.3 Å². The highest BCUT2D eigenvalue weighted by Gasteiger charge is 2.11. The van der Waals surface area contributed by atoms with Gasteiger partial charge in [0.15, 0.2) is 0 Å². The van der Waals surface area contributed by atoms with Gasteiger partial charge < -0.3 is 0 Å². The maximum atomic E-state index is 12.1. The number of benzene rings is 1. The first-order valence-corrected chi connectivity index (χ1v) is 7.05. The summed E-state index contributed by atoms with van der Waals surface area (Å²) >= 11 is 0. The van der Waals surface area contributed by atoms with Crippen molar-refractivity contribution in [1.29, 1.82) is 0 Å². The third-order valence-electron chi connectivity index (χ3n) is 3.27. The Morgan fingerprint density at radius 3 is 2.70 bits per heavy atom. The molecule has 0 atom stereocenters. The number of tetrazole rings is 1. The lowest BCUT2D eigenvalue weighted by Crippen LogP contribution is -2.21. The van der Waals surface area contributed by atoms with E-state index in [0.29, 0.717) is 5.82 Å². The normalized spacial score (nSPS) is 10.5. The molecule has 8 heteroatoms. The summed E-state index contributed by atoms with van der Waals surface area (Å²) in [6, 6.07) is 9.75. The molecule has 3 rings (SSSR count). The SMILES string of the molecule is Cc1cnc(NC(=O)Cn2nnnc2C)nc1-c1ccccc1. The summed E-state index contributed by atoms with van der Waals surface area (Å²) in [5.41, 5.74) is 2.69. The first-order valence-electron chi connectivity index (χ1n) is 7.05. The molecule has 116 valence electrons. The van der Waals surface area contributed by atoms with Crippen molar-refractivity contribution in [2.45, 2.75) is 20.4 Å². The number of nitrogens with zero attached hydrogens (tertiary/aromatic N) is 6. The number of aromatic nitrogens is 6. The van der Waals surface area contributed by atoms with Gasteiger partial charge >= 0.3 is 0 Å². The molecule has 0 aliphatic heterocycles. The minimum atomic E-state index is -0.289. The molecule has 0 spiro atoms. The first kappa shape index (κ1) is 14.8. The van der Waals surface area contributed by atoms with E-state index in [1.54, 1.807) is 13.1 Å². The molecule has 0 aliphatic rings. The van der Waals surface area contributed by atoms with Gasteiger partial charge in [-0.25, -0.2) is 14.6 Å². The monoisotopic (exact) mass is 309 g/mol. The van der Waals surface area contributed by atoms with E-state index in [1.165, 1.54) is 4.68 Å². The highest BCUT2D eigenvalue weighted by molar-refractivity contribution is 5.89. The number of carbonyl (C=O) groups is 1. The van der Waals surface area contributed by atoms with Gasteiger partial charge in [-0.05, 0) is 29.8 Å². The number of carbonyl (C=O) groups excluding carboxylic acids is 1. The van der Waals surface area contributed by atoms with Crippen molar-refractivity contribution >= 4 is 11.9 Å². The molecular weight excluding hydrogens is 294 g/mol. The fraction of sp³-hybridized carbons (Fsp3) is 0.200. The van der Waals surface area contributed by atoms with Crippen LogP contribution in [-0.2, 0) is 11.3 Å². The molecule has 0 saturated carbocycles. The summed E-state index contributed by atoms with van der Waals surface area (Å²) in [5, 5.41) is 13.6. The average Bonchev–Trinajstić information content (AvgIpc) is 2.95. The molecule has 2 aromatic heterocycles. The molecule has 0 aliphatic carbocycles. The molecule has 1 N–H and O–H groups in total. The summed E-state index contributed by atoms with van der Waals surface area (Å²) in [4.78, 5) is 20.6. The van der Waals surface area contributed by atoms with Crippen LogP contribution in [0.5, 0.6) is 0 Å². The Balaban J connectivity index is 1.79. The van der Waals surface area contributed by atoms with Gasteiger partial charge in [0.05, 0.1) is 5.69 Å². The van der Waals surface area contributed by atoms with Crippen molar-refractivity contribution in [3.8, 4) is 11.3 Å². The van der Waals surface area contributed by atoms with Crippen LogP contribution in [0.1, 0.15) is 11.4 Å². The van der Waals surface area contributed by atoms with Crippen LogP contribution in [0.4, 0.5) is 5.95 Å². The van der Waals surface area contributed by atoms with Crippen molar-refractivity contribution in [3.05, 3.63) is 47.9 Å². The zero-order valence-electron chi connectivity index (χ0n) is 12.8. The molecule has 0 fully saturated rings. The molecule has 8 nitrogen and oxygen atoms in total. The highest BCUT2D eigenvalue weighted by atomic mass is 16.2. The quantitative estimate of drug-likeness (QED) is 0.782. The molecular formula is C15H15N7O. The van der Waals surface area contributed by atoms with Crippen LogP contribution in [-0.4, -0.2) is 36.1 Å². The minimum absolute atomic E-state index is 0.0107. The topological polar surface area (TPSA) is 98.5 Å². The highest BCUT2D eigenvalue weighted by Crippen LogP contribution is 2.21. The fourth-order valence-corrected chi connectivity index (χ4v) is 2.09. The Morgan fingerprint density at radius 2 is 2.00 bits per heavy atom. The zero-order valence-corrected chi connectivity index (χ0v) is 12.8. The summed E-state index contributed by atoms with van der Waals surface area (Å²) in [5.74, 6) is 0.531. The van der Waals surface area contributed by atoms with E-state index in [-0.39, 0.29) is 18.4 Å². The number of anilines is 1. The van der Waals surface area contributed by atoms with Gasteiger partial charge in [0.25, 0.3) is 0 Å². The molecule has 23 heavy (non-hydrogen) atoms. The average molecular weight is 309 g/mol. The van der Waals surface area contributed by atoms with Gasteiger partial charge in [-0.3, -0.25) is 10.1 Å². The van der Waals surface area contributed by atoms with Crippen LogP contribution in [0.25, 0.3) is 11.3 Å². The first-order chi connectivity index (χ1) is 11.1. The molecule has 1 amide bonds. The molecule has 0 unspecified atom stereocenters. The summed E-state index contributed by atoms with van der Waals surface area (Å²) in [6.45, 7) is 3.66. The van der Waals surface area contributed by atoms with Gasteiger partial charge in [-0.1, -0.05) is 30.3 Å². The van der Waals surface area contributed by atoms with Crippen LogP contribution in [0.2, 0.25) is 0 Å². The number of aryl methyl sites for hydroxylation is 2. The predicted molar refractivity (Wildman–Crippen MR) is 83.4 cm³/mol. The van der Waals surface area contributed by atoms with Crippen molar-refractivity contribution < 1.29 is 4.79 Å². The van der Waals surface area contributed by atoms with Gasteiger partial charge in [0.1, 0.15) is 12.4 Å². The van der Waals surface area contributed by atoms with Gasteiger partial charge in [-0.15, -0.1) is 5.10 Å². The largest absolute Gasteiger partial charge is 0.293 e. The lowest BCUT2D eigenvalue weighted by atomic mass is 10.1. The molecule has 0 saturated heterocycles. The Bertz CT molecular complexity index is 829. The number of amides is 1. The summed E-state index contributed by atoms with van der Waals surface area (Å²) in [7, 11) is 0.